The number of carboxylic acid groups (broad SMARTS) is 1. The number of carbonyl (C=O) groups is 2. The number of hydrogen-bond donors (Lipinski definition) is 2. The number of aliphatic carboxylic acids is 1. The summed E-state index contributed by atoms with van der Waals surface area (Å²) in [5.74, 6) is -0.695. The Balaban J connectivity index is 1.51. The Bertz CT molecular complexity index is 1080. The number of methoxy groups -OCH3 is 1. The van der Waals surface area contributed by atoms with Gasteiger partial charge < -0.3 is 19.9 Å². The van der Waals surface area contributed by atoms with Crippen LogP contribution in [0.5, 0.6) is 5.75 Å². The maximum absolute atomic E-state index is 12.6. The molecule has 0 radical (unpaired) electrons. The average Bonchev–Trinajstić information content (AvgIpc) is 3.11. The second kappa shape index (κ2) is 8.14. The molecular weight excluding hydrogens is 394 g/mol. The van der Waals surface area contributed by atoms with E-state index in [1.807, 2.05) is 36.4 Å². The second-order valence-corrected chi connectivity index (χ2v) is 7.61. The lowest BCUT2D eigenvalue weighted by Crippen LogP contribution is -2.49. The summed E-state index contributed by atoms with van der Waals surface area (Å²) in [7, 11) is 1.53. The zero-order valence-electron chi connectivity index (χ0n) is 17.3. The highest BCUT2D eigenvalue weighted by molar-refractivity contribution is 5.85. The lowest BCUT2D eigenvalue weighted by Gasteiger charge is -2.27. The minimum absolute atomic E-state index is 0.102. The van der Waals surface area contributed by atoms with Crippen molar-refractivity contribution in [3.05, 3.63) is 89.5 Å². The van der Waals surface area contributed by atoms with Crippen LogP contribution in [-0.4, -0.2) is 30.9 Å². The monoisotopic (exact) mass is 417 g/mol. The molecule has 1 amide bonds. The molecule has 0 aromatic heterocycles. The Hall–Kier alpha value is -3.80. The summed E-state index contributed by atoms with van der Waals surface area (Å²) < 4.78 is 10.6. The van der Waals surface area contributed by atoms with Crippen LogP contribution in [0.25, 0.3) is 11.1 Å². The van der Waals surface area contributed by atoms with Crippen molar-refractivity contribution in [3.8, 4) is 16.9 Å². The lowest BCUT2D eigenvalue weighted by molar-refractivity contribution is -0.144. The van der Waals surface area contributed by atoms with Gasteiger partial charge in [-0.15, -0.1) is 0 Å². The van der Waals surface area contributed by atoms with Gasteiger partial charge in [0.15, 0.2) is 5.54 Å². The molecule has 0 bridgehead atoms. The fraction of sp³-hybridized carbons (Fsp3) is 0.200. The number of hydrogen-bond acceptors (Lipinski definition) is 4. The SMILES string of the molecule is COc1ccc([C@](C)(NC(=O)OCC2c3ccccc3-c3ccccc32)C(=O)O)cc1. The van der Waals surface area contributed by atoms with E-state index >= 15 is 0 Å². The van der Waals surface area contributed by atoms with E-state index in [0.717, 1.165) is 22.3 Å². The Morgan fingerprint density at radius 3 is 2.00 bits per heavy atom. The maximum Gasteiger partial charge on any atom is 0.408 e. The number of ether oxygens (including phenoxy) is 2. The number of carboxylic acids is 1. The van der Waals surface area contributed by atoms with Gasteiger partial charge in [0.1, 0.15) is 12.4 Å². The summed E-state index contributed by atoms with van der Waals surface area (Å²) in [5, 5.41) is 12.3. The number of amides is 1. The molecule has 0 spiro atoms. The summed E-state index contributed by atoms with van der Waals surface area (Å²) >= 11 is 0. The third-order valence-electron chi connectivity index (χ3n) is 5.79. The zero-order chi connectivity index (χ0) is 22.0. The summed E-state index contributed by atoms with van der Waals surface area (Å²) in [4.78, 5) is 24.6. The van der Waals surface area contributed by atoms with Crippen molar-refractivity contribution in [1.29, 1.82) is 0 Å². The molecule has 3 aromatic rings. The van der Waals surface area contributed by atoms with Gasteiger partial charge in [-0.05, 0) is 46.9 Å². The van der Waals surface area contributed by atoms with Gasteiger partial charge in [-0.1, -0.05) is 60.7 Å². The summed E-state index contributed by atoms with van der Waals surface area (Å²) in [6, 6.07) is 22.6. The fourth-order valence-electron chi connectivity index (χ4n) is 4.01. The zero-order valence-corrected chi connectivity index (χ0v) is 17.3. The smallest absolute Gasteiger partial charge is 0.408 e. The average molecular weight is 417 g/mol. The third-order valence-corrected chi connectivity index (χ3v) is 5.79. The van der Waals surface area contributed by atoms with Gasteiger partial charge in [-0.3, -0.25) is 0 Å². The molecule has 0 saturated heterocycles. The fourth-order valence-corrected chi connectivity index (χ4v) is 4.01. The van der Waals surface area contributed by atoms with Crippen LogP contribution in [0.4, 0.5) is 4.79 Å². The first kappa shape index (κ1) is 20.5. The number of benzene rings is 3. The van der Waals surface area contributed by atoms with E-state index in [4.69, 9.17) is 9.47 Å². The van der Waals surface area contributed by atoms with E-state index < -0.39 is 17.6 Å². The molecular formula is C25H23NO5. The summed E-state index contributed by atoms with van der Waals surface area (Å²) in [6.45, 7) is 1.54. The van der Waals surface area contributed by atoms with Crippen LogP contribution in [0.3, 0.4) is 0 Å². The molecule has 3 aromatic carbocycles. The van der Waals surface area contributed by atoms with Crippen molar-refractivity contribution in [3.63, 3.8) is 0 Å². The summed E-state index contributed by atoms with van der Waals surface area (Å²) in [5.41, 5.74) is 3.20. The third kappa shape index (κ3) is 3.72. The van der Waals surface area contributed by atoms with E-state index in [0.29, 0.717) is 11.3 Å². The van der Waals surface area contributed by atoms with E-state index in [9.17, 15) is 14.7 Å². The van der Waals surface area contributed by atoms with Crippen LogP contribution in [-0.2, 0) is 15.1 Å². The van der Waals surface area contributed by atoms with Crippen LogP contribution in [0, 0.1) is 0 Å². The molecule has 2 N–H and O–H groups in total. The maximum atomic E-state index is 12.6. The number of carbonyl (C=O) groups excluding carboxylic acids is 1. The van der Waals surface area contributed by atoms with Gasteiger partial charge in [0.25, 0.3) is 0 Å². The van der Waals surface area contributed by atoms with Gasteiger partial charge in [0.05, 0.1) is 7.11 Å². The highest BCUT2D eigenvalue weighted by atomic mass is 16.5. The van der Waals surface area contributed by atoms with E-state index in [1.165, 1.54) is 14.0 Å². The topological polar surface area (TPSA) is 84.9 Å². The largest absolute Gasteiger partial charge is 0.497 e. The molecule has 0 fully saturated rings. The van der Waals surface area contributed by atoms with Gasteiger partial charge in [0.2, 0.25) is 0 Å². The normalized spacial score (nSPS) is 14.1. The van der Waals surface area contributed by atoms with Crippen molar-refractivity contribution >= 4 is 12.1 Å². The molecule has 1 aliphatic rings. The first-order chi connectivity index (χ1) is 14.9. The lowest BCUT2D eigenvalue weighted by atomic mass is 9.92. The second-order valence-electron chi connectivity index (χ2n) is 7.61. The van der Waals surface area contributed by atoms with E-state index in [-0.39, 0.29) is 12.5 Å². The molecule has 6 heteroatoms. The number of alkyl carbamates (subject to hydrolysis) is 1. The Labute approximate surface area is 180 Å². The molecule has 158 valence electrons. The molecule has 0 heterocycles. The Morgan fingerprint density at radius 2 is 1.48 bits per heavy atom. The minimum atomic E-state index is -1.64. The first-order valence-electron chi connectivity index (χ1n) is 9.95. The predicted octanol–water partition coefficient (Wildman–Crippen LogP) is 4.53. The highest BCUT2D eigenvalue weighted by Gasteiger charge is 2.38. The van der Waals surface area contributed by atoms with Crippen LogP contribution < -0.4 is 10.1 Å². The first-order valence-corrected chi connectivity index (χ1v) is 9.95. The standard InChI is InChI=1S/C25H23NO5/c1-25(23(27)28,16-11-13-17(30-2)14-12-16)26-24(29)31-15-22-20-9-5-3-7-18(20)19-8-4-6-10-21(19)22/h3-14,22H,15H2,1-2H3,(H,26,29)(H,27,28)/t25-/m0/s1. The van der Waals surface area contributed by atoms with Gasteiger partial charge in [0, 0.05) is 5.92 Å². The van der Waals surface area contributed by atoms with E-state index in [1.54, 1.807) is 24.3 Å². The Morgan fingerprint density at radius 1 is 0.935 bits per heavy atom. The number of nitrogens with one attached hydrogen (secondary N) is 1. The van der Waals surface area contributed by atoms with Crippen molar-refractivity contribution in [2.75, 3.05) is 13.7 Å². The van der Waals surface area contributed by atoms with Crippen molar-refractivity contribution in [1.82, 2.24) is 5.32 Å². The quantitative estimate of drug-likeness (QED) is 0.615. The van der Waals surface area contributed by atoms with E-state index in [2.05, 4.69) is 17.4 Å². The van der Waals surface area contributed by atoms with Gasteiger partial charge in [-0.25, -0.2) is 9.59 Å². The van der Waals surface area contributed by atoms with Gasteiger partial charge in [-0.2, -0.15) is 0 Å². The molecule has 0 unspecified atom stereocenters. The number of fused-ring (bicyclic) bond motifs is 3. The minimum Gasteiger partial charge on any atom is -0.497 e. The Kier molecular flexibility index (Phi) is 5.38. The van der Waals surface area contributed by atoms with Crippen LogP contribution in [0.2, 0.25) is 0 Å². The predicted molar refractivity (Wildman–Crippen MR) is 116 cm³/mol. The van der Waals surface area contributed by atoms with Crippen LogP contribution in [0.1, 0.15) is 29.5 Å². The molecule has 0 aliphatic heterocycles. The summed E-state index contributed by atoms with van der Waals surface area (Å²) in [6.07, 6.45) is -0.789. The number of rotatable bonds is 6. The van der Waals surface area contributed by atoms with Crippen LogP contribution in [0.15, 0.2) is 72.8 Å². The molecule has 31 heavy (non-hydrogen) atoms. The molecule has 0 saturated carbocycles. The highest BCUT2D eigenvalue weighted by Crippen LogP contribution is 2.44. The molecule has 6 nitrogen and oxygen atoms in total. The van der Waals surface area contributed by atoms with Crippen LogP contribution >= 0.6 is 0 Å². The molecule has 4 rings (SSSR count). The van der Waals surface area contributed by atoms with Crippen molar-refractivity contribution in [2.45, 2.75) is 18.4 Å². The van der Waals surface area contributed by atoms with Crippen molar-refractivity contribution in [2.24, 2.45) is 0 Å². The van der Waals surface area contributed by atoms with Gasteiger partial charge >= 0.3 is 12.1 Å². The van der Waals surface area contributed by atoms with Crippen molar-refractivity contribution < 1.29 is 24.2 Å². The molecule has 1 aliphatic carbocycles. The molecule has 1 atom stereocenters.